The summed E-state index contributed by atoms with van der Waals surface area (Å²) in [5.41, 5.74) is 3.82. The number of hydrogen-bond acceptors (Lipinski definition) is 3. The lowest BCUT2D eigenvalue weighted by molar-refractivity contribution is 0.257. The van der Waals surface area contributed by atoms with Gasteiger partial charge in [-0.3, -0.25) is 4.90 Å². The maximum atomic E-state index is 3.57. The van der Waals surface area contributed by atoms with Crippen LogP contribution in [0.15, 0.2) is 60.7 Å². The minimum Gasteiger partial charge on any atom is -0.369 e. The van der Waals surface area contributed by atoms with E-state index in [1.165, 1.54) is 22.3 Å². The highest BCUT2D eigenvalue weighted by Gasteiger charge is 2.16. The summed E-state index contributed by atoms with van der Waals surface area (Å²) in [7, 11) is 0. The number of H-pyrrole nitrogens is 1. The second-order valence-corrected chi connectivity index (χ2v) is 6.72. The van der Waals surface area contributed by atoms with E-state index < -0.39 is 0 Å². The van der Waals surface area contributed by atoms with Crippen LogP contribution in [-0.4, -0.2) is 49.2 Å². The average molecular weight is 334 g/mol. The van der Waals surface area contributed by atoms with Gasteiger partial charge in [-0.15, -0.1) is 0 Å². The summed E-state index contributed by atoms with van der Waals surface area (Å²) in [6, 6.07) is 21.4. The van der Waals surface area contributed by atoms with Gasteiger partial charge >= 0.3 is 0 Å². The first-order chi connectivity index (χ1) is 12.4. The molecule has 130 valence electrons. The van der Waals surface area contributed by atoms with Gasteiger partial charge < -0.3 is 15.2 Å². The minimum atomic E-state index is 0.901. The van der Waals surface area contributed by atoms with Gasteiger partial charge in [-0.25, -0.2) is 0 Å². The lowest BCUT2D eigenvalue weighted by Crippen LogP contribution is -2.48. The van der Waals surface area contributed by atoms with Crippen LogP contribution in [0.2, 0.25) is 0 Å². The molecule has 4 rings (SSSR count). The number of aromatic nitrogens is 1. The van der Waals surface area contributed by atoms with Crippen LogP contribution in [0.5, 0.6) is 0 Å². The molecule has 0 unspecified atom stereocenters. The Morgan fingerprint density at radius 3 is 2.44 bits per heavy atom. The topological polar surface area (TPSA) is 34.3 Å². The van der Waals surface area contributed by atoms with Gasteiger partial charge in [0.25, 0.3) is 0 Å². The van der Waals surface area contributed by atoms with Crippen molar-refractivity contribution < 1.29 is 0 Å². The maximum Gasteiger partial charge on any atom is 0.0456 e. The molecule has 0 aliphatic carbocycles. The first kappa shape index (κ1) is 16.2. The van der Waals surface area contributed by atoms with E-state index in [0.717, 1.165) is 45.8 Å². The quantitative estimate of drug-likeness (QED) is 0.680. The van der Waals surface area contributed by atoms with Crippen molar-refractivity contribution in [3.05, 3.63) is 66.4 Å². The van der Waals surface area contributed by atoms with E-state index in [4.69, 9.17) is 0 Å². The van der Waals surface area contributed by atoms with E-state index in [2.05, 4.69) is 80.8 Å². The second kappa shape index (κ2) is 7.72. The van der Waals surface area contributed by atoms with Crippen LogP contribution in [0.1, 0.15) is 5.69 Å². The fourth-order valence-corrected chi connectivity index (χ4v) is 3.56. The SMILES string of the molecule is c1ccc(N2CCN(CCNCc3cc4ccccc4[nH]3)CC2)cc1. The summed E-state index contributed by atoms with van der Waals surface area (Å²) in [5, 5.41) is 4.85. The van der Waals surface area contributed by atoms with Crippen molar-refractivity contribution in [3.63, 3.8) is 0 Å². The van der Waals surface area contributed by atoms with Gasteiger partial charge in [-0.1, -0.05) is 36.4 Å². The van der Waals surface area contributed by atoms with Gasteiger partial charge in [-0.2, -0.15) is 0 Å². The predicted octanol–water partition coefficient (Wildman–Crippen LogP) is 3.08. The maximum absolute atomic E-state index is 3.57. The van der Waals surface area contributed by atoms with Gasteiger partial charge in [-0.05, 0) is 29.7 Å². The van der Waals surface area contributed by atoms with Crippen molar-refractivity contribution >= 4 is 16.6 Å². The molecule has 0 radical (unpaired) electrons. The first-order valence-corrected chi connectivity index (χ1v) is 9.18. The molecule has 4 nitrogen and oxygen atoms in total. The molecule has 2 aromatic carbocycles. The third-order valence-corrected chi connectivity index (χ3v) is 5.00. The number of nitrogens with one attached hydrogen (secondary N) is 2. The van der Waals surface area contributed by atoms with Gasteiger partial charge in [0, 0.05) is 62.7 Å². The Morgan fingerprint density at radius 1 is 0.880 bits per heavy atom. The highest BCUT2D eigenvalue weighted by molar-refractivity contribution is 5.80. The number of para-hydroxylation sites is 2. The molecule has 1 aliphatic rings. The Labute approximate surface area is 149 Å². The zero-order valence-electron chi connectivity index (χ0n) is 14.6. The van der Waals surface area contributed by atoms with Crippen molar-refractivity contribution in [1.82, 2.24) is 15.2 Å². The van der Waals surface area contributed by atoms with Gasteiger partial charge in [0.15, 0.2) is 0 Å². The van der Waals surface area contributed by atoms with Crippen molar-refractivity contribution in [2.45, 2.75) is 6.54 Å². The molecule has 2 N–H and O–H groups in total. The number of nitrogens with zero attached hydrogens (tertiary/aromatic N) is 2. The number of aromatic amines is 1. The standard InChI is InChI=1S/C21H26N4/c1-2-7-20(8-3-1)25-14-12-24(13-15-25)11-10-22-17-19-16-18-6-4-5-9-21(18)23-19/h1-9,16,22-23H,10-15,17H2. The normalized spacial score (nSPS) is 15.8. The Balaban J connectivity index is 1.18. The molecular weight excluding hydrogens is 308 g/mol. The Morgan fingerprint density at radius 2 is 1.64 bits per heavy atom. The minimum absolute atomic E-state index is 0.901. The molecule has 0 atom stereocenters. The number of fused-ring (bicyclic) bond motifs is 1. The molecule has 0 spiro atoms. The number of anilines is 1. The van der Waals surface area contributed by atoms with Crippen LogP contribution >= 0.6 is 0 Å². The van der Waals surface area contributed by atoms with Crippen LogP contribution in [0, 0.1) is 0 Å². The highest BCUT2D eigenvalue weighted by Crippen LogP contribution is 2.16. The lowest BCUT2D eigenvalue weighted by atomic mass is 10.2. The van der Waals surface area contributed by atoms with Gasteiger partial charge in [0.05, 0.1) is 0 Å². The van der Waals surface area contributed by atoms with Crippen molar-refractivity contribution in [1.29, 1.82) is 0 Å². The summed E-state index contributed by atoms with van der Waals surface area (Å²) >= 11 is 0. The fourth-order valence-electron chi connectivity index (χ4n) is 3.56. The molecule has 25 heavy (non-hydrogen) atoms. The summed E-state index contributed by atoms with van der Waals surface area (Å²) in [4.78, 5) is 8.51. The molecule has 3 aromatic rings. The molecule has 0 amide bonds. The summed E-state index contributed by atoms with van der Waals surface area (Å²) in [5.74, 6) is 0. The van der Waals surface area contributed by atoms with E-state index in [-0.39, 0.29) is 0 Å². The summed E-state index contributed by atoms with van der Waals surface area (Å²) < 4.78 is 0. The van der Waals surface area contributed by atoms with E-state index in [9.17, 15) is 0 Å². The first-order valence-electron chi connectivity index (χ1n) is 9.18. The zero-order valence-corrected chi connectivity index (χ0v) is 14.6. The van der Waals surface area contributed by atoms with E-state index in [1.54, 1.807) is 0 Å². The van der Waals surface area contributed by atoms with Gasteiger partial charge in [0.2, 0.25) is 0 Å². The Bertz CT molecular complexity index is 755. The molecule has 0 saturated carbocycles. The molecule has 0 bridgehead atoms. The molecule has 1 saturated heterocycles. The second-order valence-electron chi connectivity index (χ2n) is 6.72. The third kappa shape index (κ3) is 4.03. The molecule has 2 heterocycles. The number of hydrogen-bond donors (Lipinski definition) is 2. The third-order valence-electron chi connectivity index (χ3n) is 5.00. The largest absolute Gasteiger partial charge is 0.369 e. The van der Waals surface area contributed by atoms with Crippen molar-refractivity contribution in [2.75, 3.05) is 44.2 Å². The molecule has 1 fully saturated rings. The monoisotopic (exact) mass is 334 g/mol. The smallest absolute Gasteiger partial charge is 0.0456 e. The number of piperazine rings is 1. The van der Waals surface area contributed by atoms with Crippen molar-refractivity contribution in [2.24, 2.45) is 0 Å². The van der Waals surface area contributed by atoms with Crippen LogP contribution in [-0.2, 0) is 6.54 Å². The zero-order chi connectivity index (χ0) is 16.9. The highest BCUT2D eigenvalue weighted by atomic mass is 15.3. The van der Waals surface area contributed by atoms with Crippen LogP contribution < -0.4 is 10.2 Å². The van der Waals surface area contributed by atoms with Crippen LogP contribution in [0.4, 0.5) is 5.69 Å². The van der Waals surface area contributed by atoms with E-state index in [1.807, 2.05) is 0 Å². The van der Waals surface area contributed by atoms with Crippen molar-refractivity contribution in [3.8, 4) is 0 Å². The fraction of sp³-hybridized carbons (Fsp3) is 0.333. The molecule has 4 heteroatoms. The summed E-state index contributed by atoms with van der Waals surface area (Å²) in [6.45, 7) is 7.56. The lowest BCUT2D eigenvalue weighted by Gasteiger charge is -2.36. The van der Waals surface area contributed by atoms with Crippen LogP contribution in [0.3, 0.4) is 0 Å². The summed E-state index contributed by atoms with van der Waals surface area (Å²) in [6.07, 6.45) is 0. The predicted molar refractivity (Wildman–Crippen MR) is 105 cm³/mol. The number of rotatable bonds is 6. The van der Waals surface area contributed by atoms with E-state index in [0.29, 0.717) is 0 Å². The Kier molecular flexibility index (Phi) is 5.00. The average Bonchev–Trinajstić information content (AvgIpc) is 3.09. The molecule has 1 aromatic heterocycles. The van der Waals surface area contributed by atoms with Gasteiger partial charge in [0.1, 0.15) is 0 Å². The van der Waals surface area contributed by atoms with E-state index >= 15 is 0 Å². The van der Waals surface area contributed by atoms with Crippen LogP contribution in [0.25, 0.3) is 10.9 Å². The molecular formula is C21H26N4. The Hall–Kier alpha value is -2.30. The number of benzene rings is 2. The molecule has 1 aliphatic heterocycles.